The Balaban J connectivity index is 2.21. The molecule has 4 nitrogen and oxygen atoms in total. The minimum Gasteiger partial charge on any atom is -0.422 e. The highest BCUT2D eigenvalue weighted by Gasteiger charge is 2.15. The van der Waals surface area contributed by atoms with E-state index < -0.39 is 0 Å². The lowest BCUT2D eigenvalue weighted by molar-refractivity contribution is 0.546. The SMILES string of the molecule is CCCCCn1nc2c(c1C)c(=O)oc1ccccc12. The number of hydrogen-bond acceptors (Lipinski definition) is 3. The molecule has 0 atom stereocenters. The molecule has 0 aliphatic heterocycles. The average Bonchev–Trinajstić information content (AvgIpc) is 2.78. The summed E-state index contributed by atoms with van der Waals surface area (Å²) in [6, 6.07) is 7.56. The third kappa shape index (κ3) is 2.01. The second-order valence-electron chi connectivity index (χ2n) is 5.12. The van der Waals surface area contributed by atoms with Crippen molar-refractivity contribution in [2.24, 2.45) is 0 Å². The third-order valence-corrected chi connectivity index (χ3v) is 3.73. The molecule has 2 heterocycles. The van der Waals surface area contributed by atoms with Gasteiger partial charge in [0.05, 0.1) is 5.69 Å². The standard InChI is InChI=1S/C16H18N2O2/c1-3-4-7-10-18-11(2)14-15(17-18)12-8-5-6-9-13(12)20-16(14)19/h5-6,8-9H,3-4,7,10H2,1-2H3. The first-order valence-electron chi connectivity index (χ1n) is 7.11. The molecule has 0 spiro atoms. The molecule has 0 N–H and O–H groups in total. The van der Waals surface area contributed by atoms with E-state index in [1.165, 1.54) is 12.8 Å². The topological polar surface area (TPSA) is 48.0 Å². The molecule has 20 heavy (non-hydrogen) atoms. The van der Waals surface area contributed by atoms with Crippen molar-refractivity contribution in [1.82, 2.24) is 9.78 Å². The van der Waals surface area contributed by atoms with E-state index in [1.54, 1.807) is 0 Å². The summed E-state index contributed by atoms with van der Waals surface area (Å²) in [7, 11) is 0. The van der Waals surface area contributed by atoms with Crippen LogP contribution in [0.1, 0.15) is 31.9 Å². The predicted octanol–water partition coefficient (Wildman–Crippen LogP) is 3.64. The summed E-state index contributed by atoms with van der Waals surface area (Å²) in [5, 5.41) is 6.14. The molecule has 0 fully saturated rings. The van der Waals surface area contributed by atoms with Crippen LogP contribution in [0, 0.1) is 6.92 Å². The molecule has 3 rings (SSSR count). The number of unbranched alkanes of at least 4 members (excludes halogenated alkanes) is 2. The number of fused-ring (bicyclic) bond motifs is 3. The van der Waals surface area contributed by atoms with Crippen molar-refractivity contribution in [3.8, 4) is 0 Å². The molecule has 104 valence electrons. The van der Waals surface area contributed by atoms with E-state index >= 15 is 0 Å². The van der Waals surface area contributed by atoms with Gasteiger partial charge in [-0.05, 0) is 25.5 Å². The first-order valence-corrected chi connectivity index (χ1v) is 7.11. The molecular weight excluding hydrogens is 252 g/mol. The van der Waals surface area contributed by atoms with E-state index in [0.29, 0.717) is 11.0 Å². The predicted molar refractivity (Wildman–Crippen MR) is 80.0 cm³/mol. The molecule has 0 aliphatic carbocycles. The maximum absolute atomic E-state index is 12.1. The summed E-state index contributed by atoms with van der Waals surface area (Å²) in [4.78, 5) is 12.1. The molecule has 0 unspecified atom stereocenters. The highest BCUT2D eigenvalue weighted by atomic mass is 16.4. The van der Waals surface area contributed by atoms with Crippen LogP contribution in [0.2, 0.25) is 0 Å². The number of benzene rings is 1. The number of nitrogens with zero attached hydrogens (tertiary/aromatic N) is 2. The zero-order chi connectivity index (χ0) is 14.1. The first kappa shape index (κ1) is 12.9. The highest BCUT2D eigenvalue weighted by Crippen LogP contribution is 2.23. The molecule has 0 amide bonds. The van der Waals surface area contributed by atoms with Crippen molar-refractivity contribution in [2.45, 2.75) is 39.7 Å². The zero-order valence-electron chi connectivity index (χ0n) is 11.8. The maximum atomic E-state index is 12.1. The fourth-order valence-corrected chi connectivity index (χ4v) is 2.61. The maximum Gasteiger partial charge on any atom is 0.347 e. The van der Waals surface area contributed by atoms with Gasteiger partial charge >= 0.3 is 5.63 Å². The van der Waals surface area contributed by atoms with Gasteiger partial charge in [-0.15, -0.1) is 0 Å². The van der Waals surface area contributed by atoms with Gasteiger partial charge in [0.2, 0.25) is 0 Å². The van der Waals surface area contributed by atoms with Crippen molar-refractivity contribution in [3.05, 3.63) is 40.4 Å². The van der Waals surface area contributed by atoms with Crippen LogP contribution in [-0.4, -0.2) is 9.78 Å². The Labute approximate surface area is 117 Å². The lowest BCUT2D eigenvalue weighted by atomic mass is 10.2. The second-order valence-corrected chi connectivity index (χ2v) is 5.12. The summed E-state index contributed by atoms with van der Waals surface area (Å²) < 4.78 is 7.32. The summed E-state index contributed by atoms with van der Waals surface area (Å²) in [5.74, 6) is 0. The van der Waals surface area contributed by atoms with E-state index in [9.17, 15) is 4.79 Å². The Bertz CT molecular complexity index is 814. The molecule has 2 aromatic heterocycles. The minimum absolute atomic E-state index is 0.294. The number of hydrogen-bond donors (Lipinski definition) is 0. The third-order valence-electron chi connectivity index (χ3n) is 3.73. The van der Waals surface area contributed by atoms with Crippen molar-refractivity contribution < 1.29 is 4.42 Å². The van der Waals surface area contributed by atoms with Crippen LogP contribution in [-0.2, 0) is 6.54 Å². The minimum atomic E-state index is -0.294. The fourth-order valence-electron chi connectivity index (χ4n) is 2.61. The fraction of sp³-hybridized carbons (Fsp3) is 0.375. The van der Waals surface area contributed by atoms with Gasteiger partial charge in [0.25, 0.3) is 0 Å². The Morgan fingerprint density at radius 2 is 2.05 bits per heavy atom. The second kappa shape index (κ2) is 5.12. The molecule has 3 aromatic rings. The van der Waals surface area contributed by atoms with Crippen molar-refractivity contribution in [1.29, 1.82) is 0 Å². The molecular formula is C16H18N2O2. The van der Waals surface area contributed by atoms with Gasteiger partial charge in [-0.2, -0.15) is 5.10 Å². The molecule has 0 radical (unpaired) electrons. The normalized spacial score (nSPS) is 11.5. The summed E-state index contributed by atoms with van der Waals surface area (Å²) >= 11 is 0. The van der Waals surface area contributed by atoms with Gasteiger partial charge in [0.15, 0.2) is 0 Å². The van der Waals surface area contributed by atoms with E-state index in [4.69, 9.17) is 4.42 Å². The Morgan fingerprint density at radius 1 is 1.25 bits per heavy atom. The monoisotopic (exact) mass is 270 g/mol. The molecule has 0 saturated carbocycles. The van der Waals surface area contributed by atoms with Crippen LogP contribution in [0.4, 0.5) is 0 Å². The summed E-state index contributed by atoms with van der Waals surface area (Å²) in [5.41, 5.74) is 1.96. The van der Waals surface area contributed by atoms with Crippen molar-refractivity contribution in [2.75, 3.05) is 0 Å². The summed E-state index contributed by atoms with van der Waals surface area (Å²) in [6.07, 6.45) is 3.42. The van der Waals surface area contributed by atoms with Crippen LogP contribution >= 0.6 is 0 Å². The van der Waals surface area contributed by atoms with E-state index in [1.807, 2.05) is 35.9 Å². The number of para-hydroxylation sites is 1. The van der Waals surface area contributed by atoms with Gasteiger partial charge < -0.3 is 4.42 Å². The Kier molecular flexibility index (Phi) is 3.30. The number of aryl methyl sites for hydroxylation is 2. The van der Waals surface area contributed by atoms with E-state index in [0.717, 1.165) is 29.6 Å². The van der Waals surface area contributed by atoms with E-state index in [2.05, 4.69) is 12.0 Å². The van der Waals surface area contributed by atoms with Crippen molar-refractivity contribution in [3.63, 3.8) is 0 Å². The largest absolute Gasteiger partial charge is 0.422 e. The van der Waals surface area contributed by atoms with Crippen LogP contribution in [0.5, 0.6) is 0 Å². The smallest absolute Gasteiger partial charge is 0.347 e. The molecule has 0 aliphatic rings. The average molecular weight is 270 g/mol. The first-order chi connectivity index (χ1) is 9.72. The molecule has 0 bridgehead atoms. The zero-order valence-corrected chi connectivity index (χ0v) is 11.8. The van der Waals surface area contributed by atoms with Crippen LogP contribution in [0.3, 0.4) is 0 Å². The van der Waals surface area contributed by atoms with Crippen LogP contribution < -0.4 is 5.63 Å². The van der Waals surface area contributed by atoms with Gasteiger partial charge in [0, 0.05) is 11.9 Å². The van der Waals surface area contributed by atoms with Crippen LogP contribution in [0.25, 0.3) is 21.9 Å². The van der Waals surface area contributed by atoms with Crippen molar-refractivity contribution >= 4 is 21.9 Å². The Hall–Kier alpha value is -2.10. The quantitative estimate of drug-likeness (QED) is 0.537. The van der Waals surface area contributed by atoms with Gasteiger partial charge in [-0.1, -0.05) is 31.9 Å². The lowest BCUT2D eigenvalue weighted by Crippen LogP contribution is -2.03. The lowest BCUT2D eigenvalue weighted by Gasteiger charge is -2.02. The number of aromatic nitrogens is 2. The summed E-state index contributed by atoms with van der Waals surface area (Å²) in [6.45, 7) is 4.96. The van der Waals surface area contributed by atoms with Gasteiger partial charge in [-0.25, -0.2) is 4.79 Å². The Morgan fingerprint density at radius 3 is 2.85 bits per heavy atom. The molecule has 4 heteroatoms. The molecule has 0 saturated heterocycles. The van der Waals surface area contributed by atoms with Crippen LogP contribution in [0.15, 0.2) is 33.5 Å². The van der Waals surface area contributed by atoms with Gasteiger partial charge in [0.1, 0.15) is 16.5 Å². The highest BCUT2D eigenvalue weighted by molar-refractivity contribution is 6.02. The number of rotatable bonds is 4. The van der Waals surface area contributed by atoms with E-state index in [-0.39, 0.29) is 5.63 Å². The molecule has 1 aromatic carbocycles. The van der Waals surface area contributed by atoms with Gasteiger partial charge in [-0.3, -0.25) is 4.68 Å².